The minimum Gasteiger partial charge on any atom is -0.207 e. The van der Waals surface area contributed by atoms with Crippen LogP contribution in [0.1, 0.15) is 61.3 Å². The maximum atomic E-state index is 14.5. The Balaban J connectivity index is 1.47. The summed E-state index contributed by atoms with van der Waals surface area (Å²) in [7, 11) is 0. The molecule has 0 unspecified atom stereocenters. The molecule has 0 aliphatic carbocycles. The van der Waals surface area contributed by atoms with Crippen LogP contribution in [0.4, 0.5) is 8.78 Å². The fourth-order valence-corrected chi connectivity index (χ4v) is 4.24. The van der Waals surface area contributed by atoms with Crippen LogP contribution in [0.25, 0.3) is 11.1 Å². The number of unbranched alkanes of at least 4 members (excludes halogenated alkanes) is 2. The molecule has 2 heteroatoms. The van der Waals surface area contributed by atoms with Crippen LogP contribution >= 0.6 is 0 Å². The molecule has 34 heavy (non-hydrogen) atoms. The molecule has 3 aromatic carbocycles. The third-order valence-corrected chi connectivity index (χ3v) is 6.31. The first-order valence-electron chi connectivity index (χ1n) is 12.5. The van der Waals surface area contributed by atoms with Gasteiger partial charge in [0.25, 0.3) is 0 Å². The largest absolute Gasteiger partial charge is 0.207 e. The standard InChI is InChI=1S/C32H36F2/c1-3-5-7-12-26-17-20-28(31(33)23-26)14-10-9-11-25-15-18-27(19-16-25)30-22-21-29(32(34)24-30)13-8-6-4-2/h3-5,15-24H,2,6-14H2,1H3/b5-3+. The number of rotatable bonds is 13. The van der Waals surface area contributed by atoms with Gasteiger partial charge in [0.2, 0.25) is 0 Å². The van der Waals surface area contributed by atoms with E-state index in [9.17, 15) is 8.78 Å². The van der Waals surface area contributed by atoms with Crippen LogP contribution in [0.15, 0.2) is 85.5 Å². The predicted octanol–water partition coefficient (Wildman–Crippen LogP) is 9.21. The van der Waals surface area contributed by atoms with Gasteiger partial charge >= 0.3 is 0 Å². The third-order valence-electron chi connectivity index (χ3n) is 6.31. The molecule has 0 bridgehead atoms. The van der Waals surface area contributed by atoms with Crippen molar-refractivity contribution in [3.05, 3.63) is 119 Å². The van der Waals surface area contributed by atoms with Crippen molar-refractivity contribution in [2.75, 3.05) is 0 Å². The smallest absolute Gasteiger partial charge is 0.127 e. The van der Waals surface area contributed by atoms with E-state index in [0.29, 0.717) is 0 Å². The van der Waals surface area contributed by atoms with Crippen molar-refractivity contribution in [2.24, 2.45) is 0 Å². The van der Waals surface area contributed by atoms with E-state index in [1.54, 1.807) is 12.1 Å². The van der Waals surface area contributed by atoms with Gasteiger partial charge in [-0.1, -0.05) is 66.8 Å². The molecular weight excluding hydrogens is 422 g/mol. The SMILES string of the molecule is C=CCCCc1ccc(-c2ccc(CCCCc3ccc(CC/C=C/C)cc3F)cc2)cc1F. The summed E-state index contributed by atoms with van der Waals surface area (Å²) in [5, 5.41) is 0. The zero-order valence-corrected chi connectivity index (χ0v) is 20.3. The zero-order valence-electron chi connectivity index (χ0n) is 20.3. The highest BCUT2D eigenvalue weighted by Crippen LogP contribution is 2.24. The number of aryl methyl sites for hydroxylation is 4. The lowest BCUT2D eigenvalue weighted by molar-refractivity contribution is 0.598. The summed E-state index contributed by atoms with van der Waals surface area (Å²) in [6.07, 6.45) is 14.1. The summed E-state index contributed by atoms with van der Waals surface area (Å²) in [5.74, 6) is -0.218. The molecule has 0 atom stereocenters. The van der Waals surface area contributed by atoms with Crippen LogP contribution in [0.5, 0.6) is 0 Å². The number of hydrogen-bond donors (Lipinski definition) is 0. The van der Waals surface area contributed by atoms with Gasteiger partial charge in [0, 0.05) is 0 Å². The molecule has 0 aromatic heterocycles. The maximum Gasteiger partial charge on any atom is 0.127 e. The molecule has 0 amide bonds. The van der Waals surface area contributed by atoms with Crippen LogP contribution in [0.3, 0.4) is 0 Å². The van der Waals surface area contributed by atoms with Crippen LogP contribution in [0, 0.1) is 11.6 Å². The van der Waals surface area contributed by atoms with E-state index in [-0.39, 0.29) is 11.6 Å². The topological polar surface area (TPSA) is 0 Å². The van der Waals surface area contributed by atoms with Crippen LogP contribution in [-0.4, -0.2) is 0 Å². The monoisotopic (exact) mass is 458 g/mol. The summed E-state index contributed by atoms with van der Waals surface area (Å²) >= 11 is 0. The minimum atomic E-state index is -0.135. The molecule has 0 N–H and O–H groups in total. The van der Waals surface area contributed by atoms with E-state index >= 15 is 0 Å². The highest BCUT2D eigenvalue weighted by Gasteiger charge is 2.07. The molecule has 0 aliphatic rings. The molecule has 0 saturated heterocycles. The van der Waals surface area contributed by atoms with Crippen LogP contribution in [-0.2, 0) is 25.7 Å². The minimum absolute atomic E-state index is 0.0821. The summed E-state index contributed by atoms with van der Waals surface area (Å²) in [6.45, 7) is 5.72. The second kappa shape index (κ2) is 13.6. The first-order valence-corrected chi connectivity index (χ1v) is 12.5. The van der Waals surface area contributed by atoms with Crippen molar-refractivity contribution >= 4 is 0 Å². The Hall–Kier alpha value is -3.00. The number of allylic oxidation sites excluding steroid dienone is 3. The van der Waals surface area contributed by atoms with Crippen LogP contribution < -0.4 is 0 Å². The van der Waals surface area contributed by atoms with Gasteiger partial charge in [-0.2, -0.15) is 0 Å². The van der Waals surface area contributed by atoms with Crippen molar-refractivity contribution in [1.82, 2.24) is 0 Å². The summed E-state index contributed by atoms with van der Waals surface area (Å²) in [4.78, 5) is 0. The Labute approximate surface area is 204 Å². The molecule has 3 aromatic rings. The quantitative estimate of drug-likeness (QED) is 0.177. The van der Waals surface area contributed by atoms with Crippen molar-refractivity contribution < 1.29 is 8.78 Å². The fraction of sp³-hybridized carbons (Fsp3) is 0.312. The number of halogens is 2. The molecule has 0 fully saturated rings. The van der Waals surface area contributed by atoms with E-state index in [0.717, 1.165) is 85.6 Å². The average molecular weight is 459 g/mol. The Kier molecular flexibility index (Phi) is 10.3. The lowest BCUT2D eigenvalue weighted by atomic mass is 9.98. The normalized spacial score (nSPS) is 11.3. The van der Waals surface area contributed by atoms with Gasteiger partial charge in [-0.25, -0.2) is 8.78 Å². The van der Waals surface area contributed by atoms with E-state index in [4.69, 9.17) is 0 Å². The first kappa shape index (κ1) is 25.6. The molecule has 0 nitrogen and oxygen atoms in total. The van der Waals surface area contributed by atoms with E-state index in [2.05, 4.69) is 43.0 Å². The van der Waals surface area contributed by atoms with E-state index < -0.39 is 0 Å². The highest BCUT2D eigenvalue weighted by molar-refractivity contribution is 5.64. The number of benzene rings is 3. The molecule has 3 rings (SSSR count). The Morgan fingerprint density at radius 2 is 1.26 bits per heavy atom. The lowest BCUT2D eigenvalue weighted by Gasteiger charge is -2.08. The van der Waals surface area contributed by atoms with Gasteiger partial charge in [0.15, 0.2) is 0 Å². The van der Waals surface area contributed by atoms with Gasteiger partial charge in [-0.3, -0.25) is 0 Å². The number of hydrogen-bond acceptors (Lipinski definition) is 0. The Morgan fingerprint density at radius 1 is 0.647 bits per heavy atom. The summed E-state index contributed by atoms with van der Waals surface area (Å²) < 4.78 is 28.9. The zero-order chi connectivity index (χ0) is 24.2. The molecule has 0 aliphatic heterocycles. The molecule has 0 saturated carbocycles. The van der Waals surface area contributed by atoms with Gasteiger partial charge in [-0.15, -0.1) is 6.58 Å². The van der Waals surface area contributed by atoms with Gasteiger partial charge in [-0.05, 0) is 110 Å². The Morgan fingerprint density at radius 3 is 1.94 bits per heavy atom. The van der Waals surface area contributed by atoms with Gasteiger partial charge in [0.05, 0.1) is 0 Å². The molecular formula is C32H36F2. The first-order chi connectivity index (χ1) is 16.6. The molecule has 0 radical (unpaired) electrons. The molecule has 0 spiro atoms. The van der Waals surface area contributed by atoms with Crippen molar-refractivity contribution in [2.45, 2.75) is 64.7 Å². The fourth-order valence-electron chi connectivity index (χ4n) is 4.24. The Bertz CT molecular complexity index is 1080. The van der Waals surface area contributed by atoms with Gasteiger partial charge in [0.1, 0.15) is 11.6 Å². The molecule has 0 heterocycles. The van der Waals surface area contributed by atoms with Crippen molar-refractivity contribution in [3.63, 3.8) is 0 Å². The second-order valence-corrected chi connectivity index (χ2v) is 8.92. The predicted molar refractivity (Wildman–Crippen MR) is 141 cm³/mol. The van der Waals surface area contributed by atoms with E-state index in [1.165, 1.54) is 5.56 Å². The highest BCUT2D eigenvalue weighted by atomic mass is 19.1. The van der Waals surface area contributed by atoms with Crippen molar-refractivity contribution in [1.29, 1.82) is 0 Å². The summed E-state index contributed by atoms with van der Waals surface area (Å²) in [5.41, 5.74) is 5.81. The lowest BCUT2D eigenvalue weighted by Crippen LogP contribution is -1.95. The summed E-state index contributed by atoms with van der Waals surface area (Å²) in [6, 6.07) is 19.6. The molecule has 178 valence electrons. The second-order valence-electron chi connectivity index (χ2n) is 8.92. The van der Waals surface area contributed by atoms with Gasteiger partial charge < -0.3 is 0 Å². The van der Waals surface area contributed by atoms with Crippen molar-refractivity contribution in [3.8, 4) is 11.1 Å². The van der Waals surface area contributed by atoms with Crippen LogP contribution in [0.2, 0.25) is 0 Å². The average Bonchev–Trinajstić information content (AvgIpc) is 2.84. The maximum absolute atomic E-state index is 14.5. The third kappa shape index (κ3) is 7.80. The van der Waals surface area contributed by atoms with E-state index in [1.807, 2.05) is 37.3 Å².